The number of hydrogen-bond donors (Lipinski definition) is 1. The predicted octanol–water partition coefficient (Wildman–Crippen LogP) is 1.80. The summed E-state index contributed by atoms with van der Waals surface area (Å²) in [4.78, 5) is 0. The van der Waals surface area contributed by atoms with E-state index in [0.29, 0.717) is 11.4 Å². The number of aromatic nitrogens is 2. The van der Waals surface area contributed by atoms with E-state index in [4.69, 9.17) is 0 Å². The highest BCUT2D eigenvalue weighted by molar-refractivity contribution is 7.99. The molecular weight excluding hydrogens is 182 g/mol. The van der Waals surface area contributed by atoms with Crippen LogP contribution in [0.1, 0.15) is 30.8 Å². The van der Waals surface area contributed by atoms with Gasteiger partial charge in [0.05, 0.1) is 11.6 Å². The number of thioether (sulfide) groups is 1. The predicted molar refractivity (Wildman–Crippen MR) is 55.8 cm³/mol. The molecule has 0 saturated carbocycles. The van der Waals surface area contributed by atoms with Crippen molar-refractivity contribution in [3.8, 4) is 0 Å². The fourth-order valence-electron chi connectivity index (χ4n) is 1.41. The highest BCUT2D eigenvalue weighted by Gasteiger charge is 2.18. The lowest BCUT2D eigenvalue weighted by Crippen LogP contribution is -2.11. The molecule has 1 aromatic rings. The molecule has 1 aromatic heterocycles. The summed E-state index contributed by atoms with van der Waals surface area (Å²) in [5.41, 5.74) is 1.30. The molecule has 0 bridgehead atoms. The van der Waals surface area contributed by atoms with Crippen LogP contribution in [0.5, 0.6) is 0 Å². The maximum atomic E-state index is 4.32. The summed E-state index contributed by atoms with van der Waals surface area (Å²) in [6.45, 7) is 5.40. The molecular formula is C9H15N3S. The van der Waals surface area contributed by atoms with Gasteiger partial charge in [0.15, 0.2) is 0 Å². The molecule has 1 aliphatic heterocycles. The fraction of sp³-hybridized carbons (Fsp3) is 0.667. The molecule has 0 amide bonds. The molecule has 4 heteroatoms. The molecule has 0 spiro atoms. The Bertz CT molecular complexity index is 276. The highest BCUT2D eigenvalue weighted by atomic mass is 32.2. The minimum atomic E-state index is 0.458. The Kier molecular flexibility index (Phi) is 2.60. The normalized spacial score (nSPS) is 22.8. The summed E-state index contributed by atoms with van der Waals surface area (Å²) < 4.78 is 2.01. The quantitative estimate of drug-likeness (QED) is 0.784. The Morgan fingerprint density at radius 2 is 2.54 bits per heavy atom. The van der Waals surface area contributed by atoms with Gasteiger partial charge in [-0.2, -0.15) is 5.10 Å². The van der Waals surface area contributed by atoms with Gasteiger partial charge in [-0.3, -0.25) is 4.68 Å². The van der Waals surface area contributed by atoms with Gasteiger partial charge in [0.1, 0.15) is 0 Å². The zero-order chi connectivity index (χ0) is 9.26. The third-order valence-corrected chi connectivity index (χ3v) is 3.38. The van der Waals surface area contributed by atoms with Crippen LogP contribution < -0.4 is 5.32 Å². The first-order valence-electron chi connectivity index (χ1n) is 4.66. The van der Waals surface area contributed by atoms with Gasteiger partial charge in [-0.15, -0.1) is 11.8 Å². The molecule has 0 radical (unpaired) electrons. The van der Waals surface area contributed by atoms with Crippen LogP contribution >= 0.6 is 11.8 Å². The van der Waals surface area contributed by atoms with Crippen molar-refractivity contribution in [2.24, 2.45) is 0 Å². The summed E-state index contributed by atoms with van der Waals surface area (Å²) in [6, 6.07) is 0.458. The third-order valence-electron chi connectivity index (χ3n) is 2.17. The summed E-state index contributed by atoms with van der Waals surface area (Å²) in [7, 11) is 0. The van der Waals surface area contributed by atoms with Crippen molar-refractivity contribution in [2.45, 2.75) is 25.3 Å². The molecule has 13 heavy (non-hydrogen) atoms. The monoisotopic (exact) mass is 197 g/mol. The van der Waals surface area contributed by atoms with Gasteiger partial charge in [0, 0.05) is 30.1 Å². The van der Waals surface area contributed by atoms with E-state index in [0.717, 1.165) is 6.54 Å². The number of hydrogen-bond acceptors (Lipinski definition) is 3. The van der Waals surface area contributed by atoms with E-state index < -0.39 is 0 Å². The lowest BCUT2D eigenvalue weighted by molar-refractivity contribution is 0.531. The van der Waals surface area contributed by atoms with Crippen molar-refractivity contribution >= 4 is 11.8 Å². The van der Waals surface area contributed by atoms with Gasteiger partial charge in [0.2, 0.25) is 0 Å². The summed E-state index contributed by atoms with van der Waals surface area (Å²) in [6.07, 6.45) is 4.11. The van der Waals surface area contributed by atoms with E-state index >= 15 is 0 Å². The summed E-state index contributed by atoms with van der Waals surface area (Å²) >= 11 is 1.96. The average molecular weight is 197 g/mol. The SMILES string of the molecule is CC(C)n1cc(C2NCCS2)cn1. The van der Waals surface area contributed by atoms with Crippen LogP contribution in [0, 0.1) is 0 Å². The molecule has 0 aliphatic carbocycles. The van der Waals surface area contributed by atoms with E-state index in [-0.39, 0.29) is 0 Å². The Morgan fingerprint density at radius 1 is 1.69 bits per heavy atom. The smallest absolute Gasteiger partial charge is 0.0820 e. The topological polar surface area (TPSA) is 29.9 Å². The van der Waals surface area contributed by atoms with Crippen LogP contribution in [0.15, 0.2) is 12.4 Å². The minimum absolute atomic E-state index is 0.458. The van der Waals surface area contributed by atoms with Crippen molar-refractivity contribution < 1.29 is 0 Å². The van der Waals surface area contributed by atoms with E-state index in [1.807, 2.05) is 22.6 Å². The van der Waals surface area contributed by atoms with Crippen molar-refractivity contribution in [3.05, 3.63) is 18.0 Å². The van der Waals surface area contributed by atoms with Crippen LogP contribution in [0.4, 0.5) is 0 Å². The van der Waals surface area contributed by atoms with Crippen molar-refractivity contribution in [1.82, 2.24) is 15.1 Å². The van der Waals surface area contributed by atoms with Crippen molar-refractivity contribution in [1.29, 1.82) is 0 Å². The second kappa shape index (κ2) is 3.72. The Morgan fingerprint density at radius 3 is 3.08 bits per heavy atom. The summed E-state index contributed by atoms with van der Waals surface area (Å²) in [5, 5.41) is 8.22. The second-order valence-electron chi connectivity index (χ2n) is 3.55. The standard InChI is InChI=1S/C9H15N3S/c1-7(2)12-6-8(5-11-12)9-10-3-4-13-9/h5-7,9-10H,3-4H2,1-2H3. The first kappa shape index (κ1) is 9.09. The van der Waals surface area contributed by atoms with E-state index in [1.165, 1.54) is 11.3 Å². The van der Waals surface area contributed by atoms with Gasteiger partial charge in [-0.1, -0.05) is 0 Å². The Labute approximate surface area is 82.9 Å². The molecule has 1 fully saturated rings. The van der Waals surface area contributed by atoms with Crippen LogP contribution in [0.2, 0.25) is 0 Å². The van der Waals surface area contributed by atoms with Crippen LogP contribution in [-0.4, -0.2) is 22.1 Å². The molecule has 2 rings (SSSR count). The average Bonchev–Trinajstić information content (AvgIpc) is 2.75. The first-order valence-corrected chi connectivity index (χ1v) is 5.71. The number of nitrogens with one attached hydrogen (secondary N) is 1. The molecule has 1 aliphatic rings. The lowest BCUT2D eigenvalue weighted by atomic mass is 10.3. The van der Waals surface area contributed by atoms with Crippen molar-refractivity contribution in [2.75, 3.05) is 12.3 Å². The lowest BCUT2D eigenvalue weighted by Gasteiger charge is -2.06. The second-order valence-corrected chi connectivity index (χ2v) is 4.77. The Balaban J connectivity index is 2.12. The molecule has 72 valence electrons. The van der Waals surface area contributed by atoms with Gasteiger partial charge < -0.3 is 5.32 Å². The van der Waals surface area contributed by atoms with Crippen molar-refractivity contribution in [3.63, 3.8) is 0 Å². The first-order chi connectivity index (χ1) is 6.27. The van der Waals surface area contributed by atoms with Gasteiger partial charge in [0.25, 0.3) is 0 Å². The van der Waals surface area contributed by atoms with Crippen LogP contribution in [0.3, 0.4) is 0 Å². The molecule has 1 saturated heterocycles. The molecule has 1 unspecified atom stereocenters. The van der Waals surface area contributed by atoms with Gasteiger partial charge in [-0.05, 0) is 13.8 Å². The van der Waals surface area contributed by atoms with Crippen LogP contribution in [-0.2, 0) is 0 Å². The molecule has 0 aromatic carbocycles. The maximum absolute atomic E-state index is 4.32. The zero-order valence-electron chi connectivity index (χ0n) is 8.03. The minimum Gasteiger partial charge on any atom is -0.301 e. The molecule has 1 atom stereocenters. The molecule has 3 nitrogen and oxygen atoms in total. The van der Waals surface area contributed by atoms with E-state index in [9.17, 15) is 0 Å². The van der Waals surface area contributed by atoms with E-state index in [1.54, 1.807) is 0 Å². The molecule has 2 heterocycles. The third kappa shape index (κ3) is 1.89. The highest BCUT2D eigenvalue weighted by Crippen LogP contribution is 2.29. The van der Waals surface area contributed by atoms with Crippen LogP contribution in [0.25, 0.3) is 0 Å². The Hall–Kier alpha value is -0.480. The summed E-state index contributed by atoms with van der Waals surface area (Å²) in [5.74, 6) is 1.21. The van der Waals surface area contributed by atoms with Gasteiger partial charge in [-0.25, -0.2) is 0 Å². The van der Waals surface area contributed by atoms with E-state index in [2.05, 4.69) is 30.5 Å². The zero-order valence-corrected chi connectivity index (χ0v) is 8.84. The largest absolute Gasteiger partial charge is 0.301 e. The number of rotatable bonds is 2. The fourth-order valence-corrected chi connectivity index (χ4v) is 2.43. The molecule has 1 N–H and O–H groups in total. The maximum Gasteiger partial charge on any atom is 0.0820 e. The number of nitrogens with zero attached hydrogens (tertiary/aromatic N) is 2. The van der Waals surface area contributed by atoms with Gasteiger partial charge >= 0.3 is 0 Å².